The highest BCUT2D eigenvalue weighted by molar-refractivity contribution is 5.92. The van der Waals surface area contributed by atoms with E-state index in [0.29, 0.717) is 30.2 Å². The van der Waals surface area contributed by atoms with Crippen LogP contribution in [-0.2, 0) is 4.74 Å². The number of nitrogen functional groups attached to an aromatic ring is 1. The Hall–Kier alpha value is -2.57. The van der Waals surface area contributed by atoms with E-state index in [0.717, 1.165) is 23.1 Å². The molecule has 3 heterocycles. The topological polar surface area (TPSA) is 93.4 Å². The van der Waals surface area contributed by atoms with Crippen LogP contribution in [0.1, 0.15) is 38.4 Å². The van der Waals surface area contributed by atoms with Crippen LogP contribution in [0.5, 0.6) is 0 Å². The van der Waals surface area contributed by atoms with Gasteiger partial charge in [0, 0.05) is 42.0 Å². The molecule has 1 aliphatic rings. The zero-order chi connectivity index (χ0) is 19.1. The summed E-state index contributed by atoms with van der Waals surface area (Å²) in [7, 11) is 0. The second kappa shape index (κ2) is 6.63. The summed E-state index contributed by atoms with van der Waals surface area (Å²) in [6.45, 7) is 10.8. The van der Waals surface area contributed by atoms with Crippen LogP contribution in [0, 0.1) is 13.8 Å². The third-order valence-corrected chi connectivity index (χ3v) is 4.32. The van der Waals surface area contributed by atoms with E-state index < -0.39 is 5.60 Å². The first kappa shape index (κ1) is 18.2. The molecule has 1 aliphatic heterocycles. The number of rotatable bonds is 2. The van der Waals surface area contributed by atoms with Crippen molar-refractivity contribution in [1.29, 1.82) is 0 Å². The Labute approximate surface area is 153 Å². The van der Waals surface area contributed by atoms with E-state index in [1.165, 1.54) is 0 Å². The molecule has 1 saturated heterocycles. The number of fused-ring (bicyclic) bond motifs is 1. The van der Waals surface area contributed by atoms with Gasteiger partial charge in [0.05, 0.1) is 0 Å². The van der Waals surface area contributed by atoms with Gasteiger partial charge in [-0.05, 0) is 52.7 Å². The van der Waals surface area contributed by atoms with Gasteiger partial charge in [0.2, 0.25) is 0 Å². The summed E-state index contributed by atoms with van der Waals surface area (Å²) in [6, 6.07) is 3.95. The largest absolute Gasteiger partial charge is 0.444 e. The molecule has 0 bridgehead atoms. The first-order valence-corrected chi connectivity index (χ1v) is 8.91. The number of aryl methyl sites for hydroxylation is 2. The average molecular weight is 357 g/mol. The first-order valence-electron chi connectivity index (χ1n) is 8.91. The second-order valence-electron chi connectivity index (χ2n) is 7.93. The number of anilines is 2. The van der Waals surface area contributed by atoms with Gasteiger partial charge in [0.15, 0.2) is 5.65 Å². The van der Waals surface area contributed by atoms with E-state index in [1.54, 1.807) is 4.90 Å². The number of nitrogens with zero attached hydrogens (tertiary/aromatic N) is 3. The number of ether oxygens (including phenoxy) is 1. The number of amides is 1. The maximum absolute atomic E-state index is 12.2. The molecular formula is C19H27N5O2. The van der Waals surface area contributed by atoms with Gasteiger partial charge in [0.1, 0.15) is 11.4 Å². The van der Waals surface area contributed by atoms with Gasteiger partial charge in [-0.1, -0.05) is 0 Å². The number of hydrogen-bond acceptors (Lipinski definition) is 6. The number of carbonyl (C=O) groups excluding carboxylic acids is 1. The number of nitrogens with two attached hydrogens (primary N) is 1. The highest BCUT2D eigenvalue weighted by Gasteiger charge is 2.30. The van der Waals surface area contributed by atoms with Crippen molar-refractivity contribution in [2.45, 2.75) is 52.7 Å². The quantitative estimate of drug-likeness (QED) is 0.857. The molecule has 0 radical (unpaired) electrons. The standard InChI is InChI=1S/C19H27N5O2/c1-11-8-12(2)21-17-16(11)14(20)9-15(23-17)22-13-6-7-24(10-13)18(25)26-19(3,4)5/h8-9,13H,6-7,10H2,1-5H3,(H3,20,21,22,23)/t13-/m1/s1. The summed E-state index contributed by atoms with van der Waals surface area (Å²) in [5.41, 5.74) is 9.02. The number of aromatic nitrogens is 2. The molecule has 0 spiro atoms. The summed E-state index contributed by atoms with van der Waals surface area (Å²) in [5, 5.41) is 4.27. The molecule has 140 valence electrons. The van der Waals surface area contributed by atoms with Crippen LogP contribution in [0.25, 0.3) is 11.0 Å². The molecule has 3 N–H and O–H groups in total. The van der Waals surface area contributed by atoms with Crippen LogP contribution in [0.15, 0.2) is 12.1 Å². The van der Waals surface area contributed by atoms with Crippen molar-refractivity contribution in [3.05, 3.63) is 23.4 Å². The summed E-state index contributed by atoms with van der Waals surface area (Å²) < 4.78 is 5.44. The predicted octanol–water partition coefficient (Wildman–Crippen LogP) is 3.25. The fourth-order valence-corrected chi connectivity index (χ4v) is 3.27. The third-order valence-electron chi connectivity index (χ3n) is 4.32. The van der Waals surface area contributed by atoms with Crippen LogP contribution in [0.2, 0.25) is 0 Å². The number of likely N-dealkylation sites (tertiary alicyclic amines) is 1. The second-order valence-corrected chi connectivity index (χ2v) is 7.93. The third kappa shape index (κ3) is 3.98. The van der Waals surface area contributed by atoms with Gasteiger partial charge >= 0.3 is 6.09 Å². The molecule has 26 heavy (non-hydrogen) atoms. The lowest BCUT2D eigenvalue weighted by atomic mass is 10.1. The molecule has 0 aliphatic carbocycles. The fraction of sp³-hybridized carbons (Fsp3) is 0.526. The van der Waals surface area contributed by atoms with Crippen LogP contribution >= 0.6 is 0 Å². The molecule has 0 saturated carbocycles. The number of hydrogen-bond donors (Lipinski definition) is 2. The van der Waals surface area contributed by atoms with Gasteiger partial charge in [-0.15, -0.1) is 0 Å². The maximum Gasteiger partial charge on any atom is 0.410 e. The normalized spacial score (nSPS) is 17.6. The van der Waals surface area contributed by atoms with Crippen molar-refractivity contribution >= 4 is 28.6 Å². The summed E-state index contributed by atoms with van der Waals surface area (Å²) in [5.74, 6) is 0.684. The smallest absolute Gasteiger partial charge is 0.410 e. The minimum atomic E-state index is -0.488. The van der Waals surface area contributed by atoms with E-state index in [2.05, 4.69) is 15.3 Å². The van der Waals surface area contributed by atoms with Crippen molar-refractivity contribution in [1.82, 2.24) is 14.9 Å². The van der Waals surface area contributed by atoms with Crippen LogP contribution in [-0.4, -0.2) is 45.7 Å². The Kier molecular flexibility index (Phi) is 4.64. The molecule has 1 amide bonds. The number of pyridine rings is 2. The SMILES string of the molecule is Cc1cc(C)c2c(N)cc(N[C@@H]3CCN(C(=O)OC(C)(C)C)C3)nc2n1. The molecule has 0 unspecified atom stereocenters. The van der Waals surface area contributed by atoms with E-state index in [9.17, 15) is 4.79 Å². The van der Waals surface area contributed by atoms with Crippen molar-refractivity contribution in [3.63, 3.8) is 0 Å². The highest BCUT2D eigenvalue weighted by atomic mass is 16.6. The van der Waals surface area contributed by atoms with E-state index >= 15 is 0 Å². The van der Waals surface area contributed by atoms with Crippen molar-refractivity contribution in [2.24, 2.45) is 0 Å². The lowest BCUT2D eigenvalue weighted by molar-refractivity contribution is 0.0293. The summed E-state index contributed by atoms with van der Waals surface area (Å²) >= 11 is 0. The molecular weight excluding hydrogens is 330 g/mol. The van der Waals surface area contributed by atoms with E-state index in [1.807, 2.05) is 46.8 Å². The Bertz CT molecular complexity index is 844. The zero-order valence-electron chi connectivity index (χ0n) is 16.1. The summed E-state index contributed by atoms with van der Waals surface area (Å²) in [6.07, 6.45) is 0.555. The lowest BCUT2D eigenvalue weighted by Crippen LogP contribution is -2.36. The van der Waals surface area contributed by atoms with Gasteiger partial charge in [-0.25, -0.2) is 14.8 Å². The Morgan fingerprint density at radius 3 is 2.73 bits per heavy atom. The maximum atomic E-state index is 12.2. The Balaban J connectivity index is 1.73. The molecule has 2 aromatic heterocycles. The van der Waals surface area contributed by atoms with Gasteiger partial charge < -0.3 is 20.7 Å². The molecule has 3 rings (SSSR count). The Morgan fingerprint density at radius 1 is 1.31 bits per heavy atom. The average Bonchev–Trinajstić information content (AvgIpc) is 2.92. The molecule has 2 aromatic rings. The van der Waals surface area contributed by atoms with Gasteiger partial charge in [-0.3, -0.25) is 0 Å². The minimum Gasteiger partial charge on any atom is -0.444 e. The fourth-order valence-electron chi connectivity index (χ4n) is 3.27. The molecule has 1 atom stereocenters. The van der Waals surface area contributed by atoms with Gasteiger partial charge in [0.25, 0.3) is 0 Å². The van der Waals surface area contributed by atoms with Crippen LogP contribution in [0.4, 0.5) is 16.3 Å². The molecule has 0 aromatic carbocycles. The van der Waals surface area contributed by atoms with E-state index in [4.69, 9.17) is 10.5 Å². The monoisotopic (exact) mass is 357 g/mol. The highest BCUT2D eigenvalue weighted by Crippen LogP contribution is 2.26. The summed E-state index contributed by atoms with van der Waals surface area (Å²) in [4.78, 5) is 23.0. The van der Waals surface area contributed by atoms with E-state index in [-0.39, 0.29) is 12.1 Å². The predicted molar refractivity (Wildman–Crippen MR) is 103 cm³/mol. The minimum absolute atomic E-state index is 0.109. The number of carbonyl (C=O) groups is 1. The first-order chi connectivity index (χ1) is 12.1. The van der Waals surface area contributed by atoms with Crippen molar-refractivity contribution in [3.8, 4) is 0 Å². The molecule has 1 fully saturated rings. The van der Waals surface area contributed by atoms with Crippen molar-refractivity contribution < 1.29 is 9.53 Å². The number of nitrogens with one attached hydrogen (secondary N) is 1. The molecule has 7 heteroatoms. The lowest BCUT2D eigenvalue weighted by Gasteiger charge is -2.24. The molecule has 7 nitrogen and oxygen atoms in total. The Morgan fingerprint density at radius 2 is 2.04 bits per heavy atom. The van der Waals surface area contributed by atoms with Crippen LogP contribution < -0.4 is 11.1 Å². The van der Waals surface area contributed by atoms with Crippen molar-refractivity contribution in [2.75, 3.05) is 24.1 Å². The van der Waals surface area contributed by atoms with Crippen LogP contribution in [0.3, 0.4) is 0 Å². The zero-order valence-corrected chi connectivity index (χ0v) is 16.1. The van der Waals surface area contributed by atoms with Gasteiger partial charge in [-0.2, -0.15) is 0 Å².